The molecule has 1 aromatic carbocycles. The third-order valence-corrected chi connectivity index (χ3v) is 4.06. The summed E-state index contributed by atoms with van der Waals surface area (Å²) in [5.74, 6) is 0.850. The molecule has 0 bridgehead atoms. The molecule has 1 saturated carbocycles. The summed E-state index contributed by atoms with van der Waals surface area (Å²) in [6.07, 6.45) is 10.3. The maximum atomic E-state index is 4.15. The molecule has 0 saturated heterocycles. The SMILES string of the molecule is c1cc(Cn2cncn2)cc(NCC2CCCCC2)c1. The van der Waals surface area contributed by atoms with Crippen LogP contribution in [0, 0.1) is 5.92 Å². The van der Waals surface area contributed by atoms with Gasteiger partial charge in [0.25, 0.3) is 0 Å². The molecule has 0 aliphatic heterocycles. The zero-order chi connectivity index (χ0) is 13.6. The number of rotatable bonds is 5. The van der Waals surface area contributed by atoms with Crippen molar-refractivity contribution in [3.05, 3.63) is 42.5 Å². The van der Waals surface area contributed by atoms with Crippen LogP contribution in [-0.2, 0) is 6.54 Å². The summed E-state index contributed by atoms with van der Waals surface area (Å²) >= 11 is 0. The summed E-state index contributed by atoms with van der Waals surface area (Å²) in [6, 6.07) is 8.60. The Labute approximate surface area is 120 Å². The lowest BCUT2D eigenvalue weighted by atomic mass is 9.89. The van der Waals surface area contributed by atoms with Crippen LogP contribution in [0.5, 0.6) is 0 Å². The van der Waals surface area contributed by atoms with E-state index < -0.39 is 0 Å². The second-order valence-electron chi connectivity index (χ2n) is 5.68. The maximum absolute atomic E-state index is 4.15. The van der Waals surface area contributed by atoms with Gasteiger partial charge in [-0.15, -0.1) is 0 Å². The highest BCUT2D eigenvalue weighted by molar-refractivity contribution is 5.45. The van der Waals surface area contributed by atoms with Gasteiger partial charge in [0, 0.05) is 12.2 Å². The first kappa shape index (κ1) is 13.2. The van der Waals surface area contributed by atoms with E-state index in [0.717, 1.165) is 19.0 Å². The first-order valence-corrected chi connectivity index (χ1v) is 7.55. The van der Waals surface area contributed by atoms with Crippen molar-refractivity contribution in [1.82, 2.24) is 14.8 Å². The number of nitrogens with one attached hydrogen (secondary N) is 1. The van der Waals surface area contributed by atoms with Crippen molar-refractivity contribution in [2.24, 2.45) is 5.92 Å². The van der Waals surface area contributed by atoms with Gasteiger partial charge in [-0.25, -0.2) is 9.67 Å². The quantitative estimate of drug-likeness (QED) is 0.906. The summed E-state index contributed by atoms with van der Waals surface area (Å²) in [5, 5.41) is 7.73. The van der Waals surface area contributed by atoms with E-state index >= 15 is 0 Å². The molecule has 0 atom stereocenters. The van der Waals surface area contributed by atoms with E-state index in [9.17, 15) is 0 Å². The van der Waals surface area contributed by atoms with E-state index in [1.807, 2.05) is 4.68 Å². The molecular formula is C16H22N4. The molecule has 20 heavy (non-hydrogen) atoms. The highest BCUT2D eigenvalue weighted by Gasteiger charge is 2.12. The van der Waals surface area contributed by atoms with Crippen LogP contribution in [0.15, 0.2) is 36.9 Å². The van der Waals surface area contributed by atoms with Crippen LogP contribution in [0.2, 0.25) is 0 Å². The predicted octanol–water partition coefficient (Wildman–Crippen LogP) is 3.32. The van der Waals surface area contributed by atoms with Gasteiger partial charge in [0.05, 0.1) is 6.54 Å². The Balaban J connectivity index is 1.56. The monoisotopic (exact) mass is 270 g/mol. The fraction of sp³-hybridized carbons (Fsp3) is 0.500. The number of aromatic nitrogens is 3. The van der Waals surface area contributed by atoms with Crippen molar-refractivity contribution >= 4 is 5.69 Å². The van der Waals surface area contributed by atoms with Crippen molar-refractivity contribution in [3.8, 4) is 0 Å². The Kier molecular flexibility index (Phi) is 4.31. The van der Waals surface area contributed by atoms with Gasteiger partial charge in [-0.1, -0.05) is 31.4 Å². The van der Waals surface area contributed by atoms with Crippen LogP contribution in [0.25, 0.3) is 0 Å². The number of hydrogen-bond donors (Lipinski definition) is 1. The Morgan fingerprint density at radius 3 is 2.90 bits per heavy atom. The number of nitrogens with zero attached hydrogens (tertiary/aromatic N) is 3. The van der Waals surface area contributed by atoms with Crippen molar-refractivity contribution in [2.75, 3.05) is 11.9 Å². The molecule has 1 N–H and O–H groups in total. The Hall–Kier alpha value is -1.84. The van der Waals surface area contributed by atoms with E-state index in [4.69, 9.17) is 0 Å². The molecule has 0 spiro atoms. The second kappa shape index (κ2) is 6.55. The highest BCUT2D eigenvalue weighted by Crippen LogP contribution is 2.24. The molecule has 0 amide bonds. The molecule has 4 heteroatoms. The van der Waals surface area contributed by atoms with Gasteiger partial charge in [0.15, 0.2) is 0 Å². The number of hydrogen-bond acceptors (Lipinski definition) is 3. The third-order valence-electron chi connectivity index (χ3n) is 4.06. The molecule has 2 aromatic rings. The molecule has 3 rings (SSSR count). The van der Waals surface area contributed by atoms with Gasteiger partial charge in [0.1, 0.15) is 12.7 Å². The van der Waals surface area contributed by atoms with Gasteiger partial charge in [0.2, 0.25) is 0 Å². The molecular weight excluding hydrogens is 248 g/mol. The molecule has 106 valence electrons. The van der Waals surface area contributed by atoms with Crippen molar-refractivity contribution in [2.45, 2.75) is 38.6 Å². The summed E-state index contributed by atoms with van der Waals surface area (Å²) in [5.41, 5.74) is 2.47. The molecule has 0 radical (unpaired) electrons. The summed E-state index contributed by atoms with van der Waals surface area (Å²) in [7, 11) is 0. The zero-order valence-electron chi connectivity index (χ0n) is 11.8. The fourth-order valence-corrected chi connectivity index (χ4v) is 2.93. The van der Waals surface area contributed by atoms with Crippen LogP contribution < -0.4 is 5.32 Å². The summed E-state index contributed by atoms with van der Waals surface area (Å²) < 4.78 is 1.85. The topological polar surface area (TPSA) is 42.7 Å². The third kappa shape index (κ3) is 3.59. The Bertz CT molecular complexity index is 515. The first-order chi connectivity index (χ1) is 9.90. The minimum atomic E-state index is 0.777. The molecule has 4 nitrogen and oxygen atoms in total. The molecule has 1 heterocycles. The highest BCUT2D eigenvalue weighted by atomic mass is 15.3. The Morgan fingerprint density at radius 2 is 2.10 bits per heavy atom. The van der Waals surface area contributed by atoms with Gasteiger partial charge in [-0.05, 0) is 36.5 Å². The van der Waals surface area contributed by atoms with Crippen LogP contribution >= 0.6 is 0 Å². The van der Waals surface area contributed by atoms with Crippen molar-refractivity contribution in [1.29, 1.82) is 0 Å². The lowest BCUT2D eigenvalue weighted by Crippen LogP contribution is -2.17. The number of benzene rings is 1. The fourth-order valence-electron chi connectivity index (χ4n) is 2.93. The Morgan fingerprint density at radius 1 is 1.20 bits per heavy atom. The average molecular weight is 270 g/mol. The van der Waals surface area contributed by atoms with Crippen LogP contribution in [0.4, 0.5) is 5.69 Å². The van der Waals surface area contributed by atoms with Crippen molar-refractivity contribution in [3.63, 3.8) is 0 Å². The molecule has 0 unspecified atom stereocenters. The smallest absolute Gasteiger partial charge is 0.137 e. The zero-order valence-corrected chi connectivity index (χ0v) is 11.8. The lowest BCUT2D eigenvalue weighted by Gasteiger charge is -2.22. The lowest BCUT2D eigenvalue weighted by molar-refractivity contribution is 0.373. The minimum absolute atomic E-state index is 0.777. The largest absolute Gasteiger partial charge is 0.385 e. The van der Waals surface area contributed by atoms with E-state index in [0.29, 0.717) is 0 Å². The van der Waals surface area contributed by atoms with Gasteiger partial charge >= 0.3 is 0 Å². The second-order valence-corrected chi connectivity index (χ2v) is 5.68. The van der Waals surface area contributed by atoms with E-state index in [1.165, 1.54) is 43.4 Å². The predicted molar refractivity (Wildman–Crippen MR) is 80.6 cm³/mol. The first-order valence-electron chi connectivity index (χ1n) is 7.55. The van der Waals surface area contributed by atoms with Gasteiger partial charge in [-0.2, -0.15) is 5.10 Å². The minimum Gasteiger partial charge on any atom is -0.385 e. The van der Waals surface area contributed by atoms with E-state index in [-0.39, 0.29) is 0 Å². The van der Waals surface area contributed by atoms with E-state index in [1.54, 1.807) is 12.7 Å². The normalized spacial score (nSPS) is 16.2. The van der Waals surface area contributed by atoms with Gasteiger partial charge in [-0.3, -0.25) is 0 Å². The molecule has 1 aromatic heterocycles. The van der Waals surface area contributed by atoms with Crippen LogP contribution in [0.3, 0.4) is 0 Å². The molecule has 1 fully saturated rings. The maximum Gasteiger partial charge on any atom is 0.137 e. The molecule has 1 aliphatic rings. The average Bonchev–Trinajstić information content (AvgIpc) is 3.00. The van der Waals surface area contributed by atoms with E-state index in [2.05, 4.69) is 39.7 Å². The van der Waals surface area contributed by atoms with Crippen LogP contribution in [-0.4, -0.2) is 21.3 Å². The molecule has 1 aliphatic carbocycles. The van der Waals surface area contributed by atoms with Gasteiger partial charge < -0.3 is 5.32 Å². The van der Waals surface area contributed by atoms with Crippen LogP contribution in [0.1, 0.15) is 37.7 Å². The summed E-state index contributed by atoms with van der Waals surface area (Å²) in [4.78, 5) is 3.97. The number of anilines is 1. The standard InChI is InChI=1S/C16H22N4/c1-2-5-14(6-3-1)10-18-16-8-4-7-15(9-16)11-20-13-17-12-19-20/h4,7-9,12-14,18H,1-3,5-6,10-11H2. The summed E-state index contributed by atoms with van der Waals surface area (Å²) in [6.45, 7) is 1.88. The van der Waals surface area contributed by atoms with Crippen molar-refractivity contribution < 1.29 is 0 Å².